The third kappa shape index (κ3) is 5.83. The van der Waals surface area contributed by atoms with E-state index in [1.165, 1.54) is 4.90 Å². The Bertz CT molecular complexity index is 1200. The molecule has 1 N–H and O–H groups in total. The predicted molar refractivity (Wildman–Crippen MR) is 145 cm³/mol. The lowest BCUT2D eigenvalue weighted by molar-refractivity contribution is -0.124. The van der Waals surface area contributed by atoms with Crippen LogP contribution in [0.25, 0.3) is 0 Å². The maximum atomic E-state index is 13.5. The van der Waals surface area contributed by atoms with Crippen molar-refractivity contribution in [1.29, 1.82) is 0 Å². The lowest BCUT2D eigenvalue weighted by Gasteiger charge is -2.24. The lowest BCUT2D eigenvalue weighted by atomic mass is 10.1. The number of methoxy groups -OCH3 is 1. The van der Waals surface area contributed by atoms with Crippen LogP contribution >= 0.6 is 12.2 Å². The van der Waals surface area contributed by atoms with Crippen LogP contribution in [-0.4, -0.2) is 48.1 Å². The SMILES string of the molecule is CCOc1ccc(NC(=O)CC2C(=O)N(c3ccccc3)C(=S)N2CCc2ccc(OC)cc2)cc1. The normalized spacial score (nSPS) is 15.2. The average molecular weight is 504 g/mol. The molecule has 1 atom stereocenters. The first-order valence-electron chi connectivity index (χ1n) is 11.9. The minimum absolute atomic E-state index is 0.0157. The third-order valence-corrected chi connectivity index (χ3v) is 6.38. The Labute approximate surface area is 216 Å². The molecular formula is C28H29N3O4S. The molecule has 1 heterocycles. The second-order valence-electron chi connectivity index (χ2n) is 8.31. The molecule has 3 aromatic rings. The number of amides is 2. The summed E-state index contributed by atoms with van der Waals surface area (Å²) in [6.45, 7) is 2.98. The van der Waals surface area contributed by atoms with Crippen LogP contribution in [0.5, 0.6) is 11.5 Å². The van der Waals surface area contributed by atoms with Gasteiger partial charge in [-0.1, -0.05) is 30.3 Å². The van der Waals surface area contributed by atoms with E-state index in [-0.39, 0.29) is 18.2 Å². The van der Waals surface area contributed by atoms with Crippen molar-refractivity contribution in [1.82, 2.24) is 4.90 Å². The molecule has 0 aliphatic carbocycles. The number of ether oxygens (including phenoxy) is 2. The fourth-order valence-corrected chi connectivity index (χ4v) is 4.55. The Morgan fingerprint density at radius 3 is 2.28 bits per heavy atom. The molecule has 1 unspecified atom stereocenters. The molecule has 8 heteroatoms. The molecule has 1 aliphatic heterocycles. The van der Waals surface area contributed by atoms with E-state index >= 15 is 0 Å². The van der Waals surface area contributed by atoms with Crippen molar-refractivity contribution < 1.29 is 19.1 Å². The lowest BCUT2D eigenvalue weighted by Crippen LogP contribution is -2.39. The van der Waals surface area contributed by atoms with Crippen LogP contribution in [0.2, 0.25) is 0 Å². The molecule has 0 spiro atoms. The van der Waals surface area contributed by atoms with E-state index in [4.69, 9.17) is 21.7 Å². The number of carbonyl (C=O) groups is 2. The number of nitrogens with one attached hydrogen (secondary N) is 1. The molecule has 1 saturated heterocycles. The molecule has 36 heavy (non-hydrogen) atoms. The van der Waals surface area contributed by atoms with Gasteiger partial charge in [0, 0.05) is 12.2 Å². The topological polar surface area (TPSA) is 71.1 Å². The number of carbonyl (C=O) groups excluding carboxylic acids is 2. The minimum atomic E-state index is -0.696. The molecule has 0 saturated carbocycles. The molecule has 0 aromatic heterocycles. The van der Waals surface area contributed by atoms with Crippen LogP contribution in [0.4, 0.5) is 11.4 Å². The number of para-hydroxylation sites is 1. The first-order chi connectivity index (χ1) is 17.5. The van der Waals surface area contributed by atoms with Crippen molar-refractivity contribution in [2.45, 2.75) is 25.8 Å². The van der Waals surface area contributed by atoms with E-state index in [1.807, 2.05) is 66.4 Å². The first kappa shape index (κ1) is 25.2. The van der Waals surface area contributed by atoms with Gasteiger partial charge in [-0.2, -0.15) is 0 Å². The second-order valence-corrected chi connectivity index (χ2v) is 8.67. The van der Waals surface area contributed by atoms with E-state index in [0.29, 0.717) is 36.1 Å². The highest BCUT2D eigenvalue weighted by Gasteiger charge is 2.43. The Morgan fingerprint density at radius 2 is 1.64 bits per heavy atom. The van der Waals surface area contributed by atoms with Gasteiger partial charge in [0.2, 0.25) is 5.91 Å². The van der Waals surface area contributed by atoms with Gasteiger partial charge in [-0.25, -0.2) is 0 Å². The summed E-state index contributed by atoms with van der Waals surface area (Å²) in [6.07, 6.45) is 0.648. The molecule has 2 amide bonds. The van der Waals surface area contributed by atoms with Gasteiger partial charge in [-0.3, -0.25) is 14.5 Å². The minimum Gasteiger partial charge on any atom is -0.497 e. The molecular weight excluding hydrogens is 474 g/mol. The number of benzene rings is 3. The Morgan fingerprint density at radius 1 is 0.972 bits per heavy atom. The summed E-state index contributed by atoms with van der Waals surface area (Å²) in [5.41, 5.74) is 2.42. The molecule has 4 rings (SSSR count). The van der Waals surface area contributed by atoms with Gasteiger partial charge in [0.05, 0.1) is 25.8 Å². The van der Waals surface area contributed by atoms with Crippen LogP contribution in [-0.2, 0) is 16.0 Å². The van der Waals surface area contributed by atoms with Crippen molar-refractivity contribution in [3.63, 3.8) is 0 Å². The molecule has 0 bridgehead atoms. The highest BCUT2D eigenvalue weighted by molar-refractivity contribution is 7.80. The average Bonchev–Trinajstić information content (AvgIpc) is 3.13. The van der Waals surface area contributed by atoms with Crippen molar-refractivity contribution in [3.05, 3.63) is 84.4 Å². The number of thiocarbonyl (C=S) groups is 1. The molecule has 7 nitrogen and oxygen atoms in total. The van der Waals surface area contributed by atoms with Crippen molar-refractivity contribution >= 4 is 40.5 Å². The fraction of sp³-hybridized carbons (Fsp3) is 0.250. The fourth-order valence-electron chi connectivity index (χ4n) is 4.13. The van der Waals surface area contributed by atoms with Gasteiger partial charge in [-0.05, 0) is 79.7 Å². The third-order valence-electron chi connectivity index (χ3n) is 5.96. The van der Waals surface area contributed by atoms with Crippen LogP contribution in [0.1, 0.15) is 18.9 Å². The van der Waals surface area contributed by atoms with Gasteiger partial charge >= 0.3 is 0 Å². The van der Waals surface area contributed by atoms with E-state index in [0.717, 1.165) is 17.1 Å². The largest absolute Gasteiger partial charge is 0.497 e. The highest BCUT2D eigenvalue weighted by Crippen LogP contribution is 2.28. The zero-order valence-electron chi connectivity index (χ0n) is 20.3. The van der Waals surface area contributed by atoms with Crippen molar-refractivity contribution in [3.8, 4) is 11.5 Å². The molecule has 1 fully saturated rings. The summed E-state index contributed by atoms with van der Waals surface area (Å²) >= 11 is 5.74. The number of hydrogen-bond donors (Lipinski definition) is 1. The number of rotatable bonds is 10. The van der Waals surface area contributed by atoms with Gasteiger partial charge < -0.3 is 19.7 Å². The number of hydrogen-bond acceptors (Lipinski definition) is 5. The van der Waals surface area contributed by atoms with Crippen LogP contribution in [0, 0.1) is 0 Å². The first-order valence-corrected chi connectivity index (χ1v) is 12.3. The van der Waals surface area contributed by atoms with Crippen molar-refractivity contribution in [2.24, 2.45) is 0 Å². The maximum Gasteiger partial charge on any atom is 0.256 e. The number of anilines is 2. The standard InChI is InChI=1S/C28H29N3O4S/c1-3-35-24-15-11-21(12-16-24)29-26(32)19-25-27(33)31(22-7-5-4-6-8-22)28(36)30(25)18-17-20-9-13-23(34-2)14-10-20/h4-16,25H,3,17-19H2,1-2H3,(H,29,32). The van der Waals surface area contributed by atoms with Gasteiger partial charge in [0.15, 0.2) is 5.11 Å². The van der Waals surface area contributed by atoms with Gasteiger partial charge in [0.1, 0.15) is 17.5 Å². The van der Waals surface area contributed by atoms with Gasteiger partial charge in [0.25, 0.3) is 5.91 Å². The van der Waals surface area contributed by atoms with Crippen LogP contribution < -0.4 is 19.7 Å². The van der Waals surface area contributed by atoms with Crippen LogP contribution in [0.3, 0.4) is 0 Å². The Kier molecular flexibility index (Phi) is 8.17. The highest BCUT2D eigenvalue weighted by atomic mass is 32.1. The second kappa shape index (κ2) is 11.7. The van der Waals surface area contributed by atoms with Crippen LogP contribution in [0.15, 0.2) is 78.9 Å². The summed E-state index contributed by atoms with van der Waals surface area (Å²) in [6, 6.07) is 23.5. The van der Waals surface area contributed by atoms with Gasteiger partial charge in [-0.15, -0.1) is 0 Å². The Balaban J connectivity index is 1.50. The van der Waals surface area contributed by atoms with E-state index < -0.39 is 6.04 Å². The van der Waals surface area contributed by atoms with E-state index in [2.05, 4.69) is 5.32 Å². The molecule has 3 aromatic carbocycles. The molecule has 1 aliphatic rings. The summed E-state index contributed by atoms with van der Waals surface area (Å²) < 4.78 is 10.7. The van der Waals surface area contributed by atoms with E-state index in [1.54, 1.807) is 31.4 Å². The Hall–Kier alpha value is -3.91. The maximum absolute atomic E-state index is 13.5. The smallest absolute Gasteiger partial charge is 0.256 e. The summed E-state index contributed by atoms with van der Waals surface area (Å²) in [7, 11) is 1.63. The van der Waals surface area contributed by atoms with E-state index in [9.17, 15) is 9.59 Å². The molecule has 0 radical (unpaired) electrons. The zero-order chi connectivity index (χ0) is 25.5. The van der Waals surface area contributed by atoms with Crippen molar-refractivity contribution in [2.75, 3.05) is 30.5 Å². The summed E-state index contributed by atoms with van der Waals surface area (Å²) in [5.74, 6) is 1.05. The zero-order valence-corrected chi connectivity index (χ0v) is 21.2. The molecule has 186 valence electrons. The number of nitrogens with zero attached hydrogens (tertiary/aromatic N) is 2. The predicted octanol–water partition coefficient (Wildman–Crippen LogP) is 4.67. The summed E-state index contributed by atoms with van der Waals surface area (Å²) in [5, 5.41) is 3.29. The monoisotopic (exact) mass is 503 g/mol. The summed E-state index contributed by atoms with van der Waals surface area (Å²) in [4.78, 5) is 29.9. The quantitative estimate of drug-likeness (QED) is 0.406.